The number of phosphoric acid groups is 1. The summed E-state index contributed by atoms with van der Waals surface area (Å²) < 4.78 is 23.3. The van der Waals surface area contributed by atoms with Crippen molar-refractivity contribution in [1.29, 1.82) is 0 Å². The summed E-state index contributed by atoms with van der Waals surface area (Å²) in [4.78, 5) is 25.5. The van der Waals surface area contributed by atoms with Crippen molar-refractivity contribution in [3.8, 4) is 0 Å². The zero-order valence-corrected chi connectivity index (χ0v) is 50.3. The molecule has 2 N–H and O–H groups in total. The third kappa shape index (κ3) is 58.3. The lowest BCUT2D eigenvalue weighted by molar-refractivity contribution is -0.870. The van der Waals surface area contributed by atoms with Crippen molar-refractivity contribution in [3.63, 3.8) is 0 Å². The lowest BCUT2D eigenvalue weighted by atomic mass is 10.0. The maximum atomic E-state index is 13.0. The van der Waals surface area contributed by atoms with Gasteiger partial charge in [-0.15, -0.1) is 0 Å². The maximum absolute atomic E-state index is 13.0. The number of likely N-dealkylation sites (N-methyl/N-ethyl adjacent to an activating group) is 1. The second-order valence-electron chi connectivity index (χ2n) is 21.3. The molecule has 0 rings (SSSR count). The van der Waals surface area contributed by atoms with E-state index in [1.807, 2.05) is 27.2 Å². The van der Waals surface area contributed by atoms with Gasteiger partial charge in [0.1, 0.15) is 13.2 Å². The first-order chi connectivity index (χ1) is 37.0. The van der Waals surface area contributed by atoms with Crippen LogP contribution in [0.15, 0.2) is 134 Å². The molecule has 0 aliphatic carbocycles. The molecule has 0 aromatic carbocycles. The SMILES string of the molecule is CC/C=C\C/C=C\C/C=C\C/C=C\C/C=C\C/C=C\C/C=C\C/C=C\C/C=C\C/C=C\CCCCCCCCCCCCC(=O)NC(COP(=O)([O-])OCC[N+](C)(C)C)C(O)/C=C/CCCCCCCCCCCCC. The monoisotopic (exact) mass is 1070 g/mol. The van der Waals surface area contributed by atoms with Crippen molar-refractivity contribution in [2.24, 2.45) is 0 Å². The van der Waals surface area contributed by atoms with Gasteiger partial charge in [0.15, 0.2) is 0 Å². The molecule has 0 heterocycles. The summed E-state index contributed by atoms with van der Waals surface area (Å²) in [6.45, 7) is 4.51. The highest BCUT2D eigenvalue weighted by atomic mass is 31.2. The van der Waals surface area contributed by atoms with Gasteiger partial charge in [-0.25, -0.2) is 0 Å². The quantitative estimate of drug-likeness (QED) is 0.0272. The van der Waals surface area contributed by atoms with E-state index in [0.717, 1.165) is 109 Å². The van der Waals surface area contributed by atoms with Crippen LogP contribution in [0.2, 0.25) is 0 Å². The molecule has 0 aromatic rings. The zero-order chi connectivity index (χ0) is 55.6. The standard InChI is InChI=1S/C67H115N2O6P/c1-6-8-10-12-14-16-18-20-21-22-23-24-25-26-27-28-29-30-31-32-33-34-35-36-37-38-39-40-41-42-43-44-45-46-47-49-51-53-55-57-59-61-67(71)68-65(64-75-76(72,73)74-63-62-69(3,4)5)66(70)60-58-56-54-52-50-48-19-17-15-13-11-9-7-2/h8,10,14,16,20-21,23-24,26-27,29-30,32-33,35-36,38-39,41-42,58,60,65-66,70H,6-7,9,11-13,15,17-19,22,25,28,31,34,37,40,43-57,59,61-64H2,1-5H3,(H-,68,71,72,73)/b10-8-,16-14-,21-20-,24-23-,27-26-,30-29-,33-32-,36-35-,39-38-,42-41-,60-58+. The van der Waals surface area contributed by atoms with Crippen molar-refractivity contribution in [1.82, 2.24) is 5.32 Å². The van der Waals surface area contributed by atoms with E-state index >= 15 is 0 Å². The molecule has 3 unspecified atom stereocenters. The number of amides is 1. The highest BCUT2D eigenvalue weighted by molar-refractivity contribution is 7.45. The van der Waals surface area contributed by atoms with Crippen LogP contribution in [-0.2, 0) is 18.4 Å². The van der Waals surface area contributed by atoms with E-state index in [2.05, 4.69) is 141 Å². The Morgan fingerprint density at radius 2 is 0.803 bits per heavy atom. The van der Waals surface area contributed by atoms with E-state index in [9.17, 15) is 19.4 Å². The average molecular weight is 1080 g/mol. The molecule has 9 heteroatoms. The molecule has 0 radical (unpaired) electrons. The number of nitrogens with zero attached hydrogens (tertiary/aromatic N) is 1. The molecule has 0 bridgehead atoms. The fraction of sp³-hybridized carbons (Fsp3) is 0.657. The van der Waals surface area contributed by atoms with Gasteiger partial charge in [0, 0.05) is 6.42 Å². The van der Waals surface area contributed by atoms with E-state index < -0.39 is 20.0 Å². The number of hydrogen-bond acceptors (Lipinski definition) is 6. The van der Waals surface area contributed by atoms with E-state index in [1.54, 1.807) is 6.08 Å². The highest BCUT2D eigenvalue weighted by Gasteiger charge is 2.23. The van der Waals surface area contributed by atoms with Crippen molar-refractivity contribution in [2.45, 2.75) is 244 Å². The summed E-state index contributed by atoms with van der Waals surface area (Å²) in [5.41, 5.74) is 0. The number of rotatable bonds is 54. The van der Waals surface area contributed by atoms with Gasteiger partial charge in [-0.2, -0.15) is 0 Å². The average Bonchev–Trinajstić information content (AvgIpc) is 3.38. The number of allylic oxidation sites excluding steroid dienone is 21. The van der Waals surface area contributed by atoms with Crippen molar-refractivity contribution < 1.29 is 32.9 Å². The van der Waals surface area contributed by atoms with Gasteiger partial charge in [-0.05, 0) is 96.3 Å². The maximum Gasteiger partial charge on any atom is 0.268 e. The fourth-order valence-corrected chi connectivity index (χ4v) is 8.84. The van der Waals surface area contributed by atoms with Crippen molar-refractivity contribution in [3.05, 3.63) is 134 Å². The Balaban J connectivity index is 4.08. The van der Waals surface area contributed by atoms with E-state index in [-0.39, 0.29) is 19.1 Å². The Hall–Kier alpha value is -3.36. The summed E-state index contributed by atoms with van der Waals surface area (Å²) in [5.74, 6) is -0.208. The fourth-order valence-electron chi connectivity index (χ4n) is 8.12. The minimum atomic E-state index is -4.60. The van der Waals surface area contributed by atoms with Gasteiger partial charge in [-0.1, -0.05) is 263 Å². The number of carbonyl (C=O) groups is 1. The van der Waals surface area contributed by atoms with Crippen LogP contribution in [0.3, 0.4) is 0 Å². The predicted octanol–water partition coefficient (Wildman–Crippen LogP) is 18.5. The second kappa shape index (κ2) is 56.4. The largest absolute Gasteiger partial charge is 0.756 e. The zero-order valence-electron chi connectivity index (χ0n) is 49.4. The summed E-state index contributed by atoms with van der Waals surface area (Å²) in [6.07, 6.45) is 85.4. The van der Waals surface area contributed by atoms with Crippen LogP contribution in [0.5, 0.6) is 0 Å². The summed E-state index contributed by atoms with van der Waals surface area (Å²) in [5, 5.41) is 13.8. The molecule has 0 saturated heterocycles. The highest BCUT2D eigenvalue weighted by Crippen LogP contribution is 2.38. The normalized spacial score (nSPS) is 14.8. The van der Waals surface area contributed by atoms with Crippen LogP contribution in [0.1, 0.15) is 232 Å². The van der Waals surface area contributed by atoms with Gasteiger partial charge in [-0.3, -0.25) is 9.36 Å². The first-order valence-electron chi connectivity index (χ1n) is 30.5. The molecule has 0 spiro atoms. The Morgan fingerprint density at radius 1 is 0.474 bits per heavy atom. The van der Waals surface area contributed by atoms with Crippen LogP contribution in [0.4, 0.5) is 0 Å². The van der Waals surface area contributed by atoms with Crippen LogP contribution in [0.25, 0.3) is 0 Å². The minimum absolute atomic E-state index is 0.00748. The topological polar surface area (TPSA) is 108 Å². The van der Waals surface area contributed by atoms with Gasteiger partial charge < -0.3 is 28.8 Å². The molecule has 3 atom stereocenters. The van der Waals surface area contributed by atoms with Crippen LogP contribution < -0.4 is 10.2 Å². The van der Waals surface area contributed by atoms with Gasteiger partial charge in [0.25, 0.3) is 7.82 Å². The van der Waals surface area contributed by atoms with Crippen molar-refractivity contribution >= 4 is 13.7 Å². The predicted molar refractivity (Wildman–Crippen MR) is 329 cm³/mol. The first-order valence-corrected chi connectivity index (χ1v) is 32.0. The lowest BCUT2D eigenvalue weighted by Gasteiger charge is -2.29. The Labute approximate surface area is 468 Å². The third-order valence-corrected chi connectivity index (χ3v) is 13.8. The smallest absolute Gasteiger partial charge is 0.268 e. The van der Waals surface area contributed by atoms with E-state index in [1.165, 1.54) is 103 Å². The number of quaternary nitrogens is 1. The molecule has 0 aliphatic heterocycles. The Bertz CT molecular complexity index is 1700. The number of nitrogens with one attached hydrogen (secondary N) is 1. The molecular weight excluding hydrogens is 960 g/mol. The van der Waals surface area contributed by atoms with Crippen LogP contribution >= 0.6 is 7.82 Å². The number of phosphoric ester groups is 1. The molecule has 0 aliphatic rings. The first kappa shape index (κ1) is 72.6. The Morgan fingerprint density at radius 3 is 1.17 bits per heavy atom. The second-order valence-corrected chi connectivity index (χ2v) is 22.7. The number of carbonyl (C=O) groups excluding carboxylic acids is 1. The molecule has 0 aromatic heterocycles. The third-order valence-electron chi connectivity index (χ3n) is 12.9. The Kier molecular flexibility index (Phi) is 53.9. The molecule has 0 fully saturated rings. The molecule has 76 heavy (non-hydrogen) atoms. The van der Waals surface area contributed by atoms with Crippen molar-refractivity contribution in [2.75, 3.05) is 40.9 Å². The van der Waals surface area contributed by atoms with Gasteiger partial charge in [0.2, 0.25) is 5.91 Å². The number of unbranched alkanes of at least 4 members (excludes halogenated alkanes) is 21. The minimum Gasteiger partial charge on any atom is -0.756 e. The van der Waals surface area contributed by atoms with E-state index in [4.69, 9.17) is 9.05 Å². The molecule has 1 amide bonds. The van der Waals surface area contributed by atoms with Gasteiger partial charge >= 0.3 is 0 Å². The number of aliphatic hydroxyl groups excluding tert-OH is 1. The molecule has 0 saturated carbocycles. The molecular formula is C67H115N2O6P. The summed E-state index contributed by atoms with van der Waals surface area (Å²) in [7, 11) is 1.24. The molecule has 434 valence electrons. The van der Waals surface area contributed by atoms with Gasteiger partial charge in [0.05, 0.1) is 39.9 Å². The lowest BCUT2D eigenvalue weighted by Crippen LogP contribution is -2.45. The summed E-state index contributed by atoms with van der Waals surface area (Å²) >= 11 is 0. The molecule has 8 nitrogen and oxygen atoms in total. The van der Waals surface area contributed by atoms with Crippen LogP contribution in [0, 0.1) is 0 Å². The number of aliphatic hydroxyl groups is 1. The van der Waals surface area contributed by atoms with E-state index in [0.29, 0.717) is 17.4 Å². The summed E-state index contributed by atoms with van der Waals surface area (Å²) in [6, 6.07) is -0.896. The van der Waals surface area contributed by atoms with Crippen LogP contribution in [-0.4, -0.2) is 68.5 Å². The number of hydrogen-bond donors (Lipinski definition) is 2.